The summed E-state index contributed by atoms with van der Waals surface area (Å²) < 4.78 is 11.0. The van der Waals surface area contributed by atoms with Gasteiger partial charge in [0.2, 0.25) is 5.12 Å². The zero-order valence-corrected chi connectivity index (χ0v) is 17.5. The first-order valence-electron chi connectivity index (χ1n) is 9.10. The van der Waals surface area contributed by atoms with Gasteiger partial charge in [-0.05, 0) is 50.3 Å². The molecule has 6 heteroatoms. The molecule has 0 spiro atoms. The van der Waals surface area contributed by atoms with Gasteiger partial charge in [-0.2, -0.15) is 0 Å². The fraction of sp³-hybridized carbons (Fsp3) is 0.364. The molecule has 0 aliphatic heterocycles. The van der Waals surface area contributed by atoms with Crippen LogP contribution in [0.1, 0.15) is 31.9 Å². The highest BCUT2D eigenvalue weighted by atomic mass is 32.2. The molecule has 28 heavy (non-hydrogen) atoms. The maximum absolute atomic E-state index is 12.2. The van der Waals surface area contributed by atoms with Crippen molar-refractivity contribution in [3.05, 3.63) is 65.7 Å². The molecule has 5 nitrogen and oxygen atoms in total. The second kappa shape index (κ2) is 10.2. The summed E-state index contributed by atoms with van der Waals surface area (Å²) in [4.78, 5) is 24.3. The van der Waals surface area contributed by atoms with Crippen LogP contribution in [0.25, 0.3) is 0 Å². The van der Waals surface area contributed by atoms with E-state index < -0.39 is 17.7 Å². The Bertz CT molecular complexity index is 769. The second-order valence-electron chi connectivity index (χ2n) is 7.34. The summed E-state index contributed by atoms with van der Waals surface area (Å²) in [6, 6.07) is 16.8. The molecular formula is C22H27NO4S. The highest BCUT2D eigenvalue weighted by molar-refractivity contribution is 8.13. The van der Waals surface area contributed by atoms with Crippen LogP contribution in [-0.2, 0) is 22.6 Å². The summed E-state index contributed by atoms with van der Waals surface area (Å²) in [5.74, 6) is 0.750. The van der Waals surface area contributed by atoms with Gasteiger partial charge in [0.1, 0.15) is 24.0 Å². The van der Waals surface area contributed by atoms with E-state index in [0.717, 1.165) is 28.6 Å². The van der Waals surface area contributed by atoms with Crippen LogP contribution < -0.4 is 10.1 Å². The number of nitrogens with one attached hydrogen (secondary N) is 1. The number of amides is 1. The first-order chi connectivity index (χ1) is 13.3. The molecule has 2 rings (SSSR count). The number of carbonyl (C=O) groups excluding carboxylic acids is 2. The summed E-state index contributed by atoms with van der Waals surface area (Å²) in [6.07, 6.45) is 1.49. The quantitative estimate of drug-likeness (QED) is 0.735. The minimum absolute atomic E-state index is 0.115. The number of rotatable bonds is 7. The van der Waals surface area contributed by atoms with Crippen LogP contribution in [0.2, 0.25) is 0 Å². The van der Waals surface area contributed by atoms with Crippen LogP contribution >= 0.6 is 11.8 Å². The van der Waals surface area contributed by atoms with Crippen LogP contribution in [0.4, 0.5) is 4.79 Å². The Morgan fingerprint density at radius 2 is 1.64 bits per heavy atom. The van der Waals surface area contributed by atoms with E-state index >= 15 is 0 Å². The fourth-order valence-electron chi connectivity index (χ4n) is 2.48. The smallest absolute Gasteiger partial charge is 0.408 e. The highest BCUT2D eigenvalue weighted by Crippen LogP contribution is 2.17. The molecule has 0 heterocycles. The van der Waals surface area contributed by atoms with Gasteiger partial charge in [-0.3, -0.25) is 4.79 Å². The van der Waals surface area contributed by atoms with Crippen LogP contribution in [0, 0.1) is 0 Å². The number of hydrogen-bond donors (Lipinski definition) is 1. The van der Waals surface area contributed by atoms with Crippen LogP contribution in [-0.4, -0.2) is 29.1 Å². The average molecular weight is 402 g/mol. The molecule has 1 unspecified atom stereocenters. The van der Waals surface area contributed by atoms with Crippen molar-refractivity contribution in [2.24, 2.45) is 0 Å². The molecule has 1 N–H and O–H groups in total. The fourth-order valence-corrected chi connectivity index (χ4v) is 2.91. The molecular weight excluding hydrogens is 374 g/mol. The molecule has 0 aliphatic carbocycles. The van der Waals surface area contributed by atoms with Gasteiger partial charge in [-0.15, -0.1) is 0 Å². The monoisotopic (exact) mass is 401 g/mol. The molecule has 1 amide bonds. The largest absolute Gasteiger partial charge is 0.489 e. The Morgan fingerprint density at radius 1 is 1.00 bits per heavy atom. The van der Waals surface area contributed by atoms with E-state index in [4.69, 9.17) is 9.47 Å². The molecule has 2 aromatic rings. The zero-order valence-electron chi connectivity index (χ0n) is 16.7. The Balaban J connectivity index is 1.96. The standard InChI is InChI=1S/C22H27NO4S/c1-22(2,3)27-21(25)23-19(20(24)28-4)14-16-10-12-18(13-11-16)26-15-17-8-6-5-7-9-17/h5-13,19H,14-15H2,1-4H3,(H,23,25). The Kier molecular flexibility index (Phi) is 7.93. The number of carbonyl (C=O) groups is 2. The molecule has 0 aromatic heterocycles. The van der Waals surface area contributed by atoms with Crippen molar-refractivity contribution in [1.82, 2.24) is 5.32 Å². The SMILES string of the molecule is CSC(=O)C(Cc1ccc(OCc2ccccc2)cc1)NC(=O)OC(C)(C)C. The van der Waals surface area contributed by atoms with E-state index in [-0.39, 0.29) is 5.12 Å². The van der Waals surface area contributed by atoms with Crippen molar-refractivity contribution in [1.29, 1.82) is 0 Å². The summed E-state index contributed by atoms with van der Waals surface area (Å²) in [7, 11) is 0. The van der Waals surface area contributed by atoms with Gasteiger partial charge in [0.15, 0.2) is 0 Å². The Hall–Kier alpha value is -2.47. The highest BCUT2D eigenvalue weighted by Gasteiger charge is 2.24. The predicted molar refractivity (Wildman–Crippen MR) is 113 cm³/mol. The molecule has 0 saturated carbocycles. The summed E-state index contributed by atoms with van der Waals surface area (Å²) in [6.45, 7) is 5.85. The number of hydrogen-bond acceptors (Lipinski definition) is 5. The lowest BCUT2D eigenvalue weighted by molar-refractivity contribution is -0.112. The molecule has 1 atom stereocenters. The van der Waals surface area contributed by atoms with Gasteiger partial charge in [-0.25, -0.2) is 4.79 Å². The van der Waals surface area contributed by atoms with Crippen molar-refractivity contribution in [2.45, 2.75) is 45.4 Å². The number of benzene rings is 2. The van der Waals surface area contributed by atoms with Gasteiger partial charge >= 0.3 is 6.09 Å². The lowest BCUT2D eigenvalue weighted by Crippen LogP contribution is -2.43. The molecule has 0 radical (unpaired) electrons. The van der Waals surface area contributed by atoms with Crippen molar-refractivity contribution in [2.75, 3.05) is 6.26 Å². The summed E-state index contributed by atoms with van der Waals surface area (Å²) >= 11 is 1.09. The third kappa shape index (κ3) is 7.64. The average Bonchev–Trinajstić information content (AvgIpc) is 2.65. The minimum Gasteiger partial charge on any atom is -0.489 e. The van der Waals surface area contributed by atoms with Crippen molar-refractivity contribution < 1.29 is 19.1 Å². The minimum atomic E-state index is -0.652. The summed E-state index contributed by atoms with van der Waals surface area (Å²) in [5.41, 5.74) is 1.41. The topological polar surface area (TPSA) is 64.6 Å². The number of alkyl carbamates (subject to hydrolysis) is 1. The molecule has 2 aromatic carbocycles. The number of thioether (sulfide) groups is 1. The van der Waals surface area contributed by atoms with Crippen LogP contribution in [0.3, 0.4) is 0 Å². The number of ether oxygens (including phenoxy) is 2. The van der Waals surface area contributed by atoms with E-state index in [1.165, 1.54) is 0 Å². The molecule has 0 bridgehead atoms. The van der Waals surface area contributed by atoms with Crippen molar-refractivity contribution in [3.63, 3.8) is 0 Å². The van der Waals surface area contributed by atoms with E-state index in [9.17, 15) is 9.59 Å². The lowest BCUT2D eigenvalue weighted by atomic mass is 10.1. The van der Waals surface area contributed by atoms with E-state index in [1.54, 1.807) is 27.0 Å². The lowest BCUT2D eigenvalue weighted by Gasteiger charge is -2.22. The van der Waals surface area contributed by atoms with E-state index in [0.29, 0.717) is 13.0 Å². The first-order valence-corrected chi connectivity index (χ1v) is 10.3. The molecule has 150 valence electrons. The van der Waals surface area contributed by atoms with E-state index in [1.807, 2.05) is 54.6 Å². The van der Waals surface area contributed by atoms with Crippen LogP contribution in [0.5, 0.6) is 5.75 Å². The third-order valence-corrected chi connectivity index (χ3v) is 4.48. The van der Waals surface area contributed by atoms with Gasteiger partial charge in [0.05, 0.1) is 0 Å². The molecule has 0 fully saturated rings. The van der Waals surface area contributed by atoms with Crippen molar-refractivity contribution in [3.8, 4) is 5.75 Å². The Morgan fingerprint density at radius 3 is 2.21 bits per heavy atom. The molecule has 0 aliphatic rings. The van der Waals surface area contributed by atoms with Crippen molar-refractivity contribution >= 4 is 23.0 Å². The van der Waals surface area contributed by atoms with E-state index in [2.05, 4.69) is 5.32 Å². The third-order valence-electron chi connectivity index (χ3n) is 3.79. The predicted octanol–water partition coefficient (Wildman–Crippen LogP) is 4.59. The first kappa shape index (κ1) is 21.8. The van der Waals surface area contributed by atoms with Gasteiger partial charge < -0.3 is 14.8 Å². The van der Waals surface area contributed by atoms with Gasteiger partial charge in [0.25, 0.3) is 0 Å². The van der Waals surface area contributed by atoms with Gasteiger partial charge in [-0.1, -0.05) is 54.2 Å². The second-order valence-corrected chi connectivity index (χ2v) is 8.15. The Labute approximate surface area is 170 Å². The maximum Gasteiger partial charge on any atom is 0.408 e. The summed E-state index contributed by atoms with van der Waals surface area (Å²) in [5, 5.41) is 2.56. The van der Waals surface area contributed by atoms with Crippen LogP contribution in [0.15, 0.2) is 54.6 Å². The zero-order chi connectivity index (χ0) is 20.6. The van der Waals surface area contributed by atoms with Gasteiger partial charge in [0, 0.05) is 6.42 Å². The maximum atomic E-state index is 12.2. The molecule has 0 saturated heterocycles. The normalized spacial score (nSPS) is 12.1.